The highest BCUT2D eigenvalue weighted by Gasteiger charge is 2.13. The normalized spacial score (nSPS) is 11.1. The van der Waals surface area contributed by atoms with Gasteiger partial charge in [0.15, 0.2) is 0 Å². The summed E-state index contributed by atoms with van der Waals surface area (Å²) < 4.78 is 5.52. The van der Waals surface area contributed by atoms with Crippen LogP contribution in [0.4, 0.5) is 0 Å². The van der Waals surface area contributed by atoms with E-state index in [0.29, 0.717) is 16.5 Å². The molecule has 0 saturated carbocycles. The van der Waals surface area contributed by atoms with Crippen LogP contribution in [0.25, 0.3) is 21.4 Å². The molecule has 0 fully saturated rings. The number of thiazole rings is 1. The number of phenols is 1. The lowest BCUT2D eigenvalue weighted by atomic mass is 10.0. The quantitative estimate of drug-likeness (QED) is 0.797. The smallest absolute Gasteiger partial charge is 0.201 e. The molecule has 4 nitrogen and oxygen atoms in total. The van der Waals surface area contributed by atoms with Gasteiger partial charge in [-0.3, -0.25) is 4.79 Å². The van der Waals surface area contributed by atoms with Gasteiger partial charge in [0.05, 0.1) is 20.8 Å². The van der Waals surface area contributed by atoms with E-state index in [1.54, 1.807) is 12.3 Å². The number of rotatable bonds is 3. The van der Waals surface area contributed by atoms with Gasteiger partial charge < -0.3 is 9.52 Å². The fourth-order valence-corrected chi connectivity index (χ4v) is 3.12. The summed E-state index contributed by atoms with van der Waals surface area (Å²) in [6.07, 6.45) is 4.76. The monoisotopic (exact) mass is 301 g/mol. The number of hydrogen-bond acceptors (Lipinski definition) is 5. The van der Waals surface area contributed by atoms with Gasteiger partial charge in [-0.25, -0.2) is 4.98 Å². The number of hydrogen-bond donors (Lipinski definition) is 1. The molecule has 21 heavy (non-hydrogen) atoms. The molecule has 0 aliphatic rings. The predicted octanol–water partition coefficient (Wildman–Crippen LogP) is 3.88. The largest absolute Gasteiger partial charge is 0.508 e. The van der Waals surface area contributed by atoms with E-state index in [4.69, 9.17) is 4.42 Å². The van der Waals surface area contributed by atoms with Crippen LogP contribution in [0.1, 0.15) is 23.9 Å². The molecule has 0 atom stereocenters. The second-order valence-corrected chi connectivity index (χ2v) is 6.18. The Hall–Kier alpha value is -2.14. The summed E-state index contributed by atoms with van der Waals surface area (Å²) in [4.78, 5) is 17.6. The molecule has 1 N–H and O–H groups in total. The van der Waals surface area contributed by atoms with Crippen molar-refractivity contribution < 1.29 is 9.52 Å². The first kappa shape index (κ1) is 13.8. The van der Waals surface area contributed by atoms with Gasteiger partial charge in [-0.05, 0) is 25.0 Å². The minimum absolute atomic E-state index is 0.0859. The molecular formula is C16H15NO3S. The first-order chi connectivity index (χ1) is 10.1. The zero-order valence-electron chi connectivity index (χ0n) is 11.8. The second kappa shape index (κ2) is 5.33. The molecule has 0 bridgehead atoms. The molecule has 0 aliphatic heterocycles. The van der Waals surface area contributed by atoms with Crippen molar-refractivity contribution >= 4 is 22.3 Å². The van der Waals surface area contributed by atoms with Crippen molar-refractivity contribution in [3.8, 4) is 16.2 Å². The molecule has 5 heteroatoms. The predicted molar refractivity (Wildman–Crippen MR) is 84.0 cm³/mol. The summed E-state index contributed by atoms with van der Waals surface area (Å²) in [6.45, 7) is 3.93. The fraction of sp³-hybridized carbons (Fsp3) is 0.250. The Morgan fingerprint density at radius 2 is 2.19 bits per heavy atom. The Morgan fingerprint density at radius 1 is 1.38 bits per heavy atom. The first-order valence-corrected chi connectivity index (χ1v) is 7.62. The third-order valence-electron chi connectivity index (χ3n) is 3.38. The average molecular weight is 301 g/mol. The van der Waals surface area contributed by atoms with Crippen molar-refractivity contribution in [3.05, 3.63) is 45.4 Å². The third kappa shape index (κ3) is 2.45. The molecule has 0 saturated heterocycles. The minimum Gasteiger partial charge on any atom is -0.508 e. The van der Waals surface area contributed by atoms with Crippen LogP contribution in [-0.2, 0) is 6.42 Å². The molecule has 3 aromatic rings. The minimum atomic E-state index is -0.0859. The molecule has 1 aromatic carbocycles. The Bertz CT molecular complexity index is 864. The van der Waals surface area contributed by atoms with Gasteiger partial charge in [-0.1, -0.05) is 13.3 Å². The van der Waals surface area contributed by atoms with Crippen molar-refractivity contribution in [2.75, 3.05) is 0 Å². The Morgan fingerprint density at radius 3 is 2.86 bits per heavy atom. The highest BCUT2D eigenvalue weighted by Crippen LogP contribution is 2.28. The molecule has 2 heterocycles. The number of fused-ring (bicyclic) bond motifs is 1. The van der Waals surface area contributed by atoms with Crippen LogP contribution in [0.5, 0.6) is 5.75 Å². The maximum Gasteiger partial charge on any atom is 0.201 e. The highest BCUT2D eigenvalue weighted by atomic mass is 32.1. The highest BCUT2D eigenvalue weighted by molar-refractivity contribution is 7.15. The van der Waals surface area contributed by atoms with Gasteiger partial charge in [0.2, 0.25) is 5.43 Å². The number of nitrogens with zero attached hydrogens (tertiary/aromatic N) is 1. The van der Waals surface area contributed by atoms with Crippen molar-refractivity contribution in [2.24, 2.45) is 0 Å². The van der Waals surface area contributed by atoms with Gasteiger partial charge in [0.25, 0.3) is 0 Å². The van der Waals surface area contributed by atoms with Crippen molar-refractivity contribution in [3.63, 3.8) is 0 Å². The lowest BCUT2D eigenvalue weighted by molar-refractivity contribution is 0.466. The standard InChI is InChI=1S/C16H15NO3S/c1-3-4-10-5-11-14(6-13(10)18)20-8-12(16(11)19)15-7-17-9(2)21-15/h5-8,18H,3-4H2,1-2H3. The zero-order chi connectivity index (χ0) is 15.0. The first-order valence-electron chi connectivity index (χ1n) is 6.80. The van der Waals surface area contributed by atoms with E-state index >= 15 is 0 Å². The summed E-state index contributed by atoms with van der Waals surface area (Å²) in [5.74, 6) is 0.175. The van der Waals surface area contributed by atoms with E-state index in [1.807, 2.05) is 13.8 Å². The van der Waals surface area contributed by atoms with E-state index in [1.165, 1.54) is 23.7 Å². The lowest BCUT2D eigenvalue weighted by Crippen LogP contribution is -2.04. The van der Waals surface area contributed by atoms with Gasteiger partial charge in [0.1, 0.15) is 17.6 Å². The Labute approximate surface area is 125 Å². The van der Waals surface area contributed by atoms with Crippen LogP contribution in [0.3, 0.4) is 0 Å². The average Bonchev–Trinajstić information content (AvgIpc) is 2.87. The molecule has 0 aliphatic carbocycles. The number of aromatic nitrogens is 1. The van der Waals surface area contributed by atoms with E-state index in [9.17, 15) is 9.90 Å². The summed E-state index contributed by atoms with van der Waals surface area (Å²) >= 11 is 1.46. The van der Waals surface area contributed by atoms with E-state index < -0.39 is 0 Å². The number of benzene rings is 1. The van der Waals surface area contributed by atoms with Crippen molar-refractivity contribution in [2.45, 2.75) is 26.7 Å². The number of aromatic hydroxyl groups is 1. The van der Waals surface area contributed by atoms with Crippen molar-refractivity contribution in [1.82, 2.24) is 4.98 Å². The molecule has 3 rings (SSSR count). The maximum absolute atomic E-state index is 12.6. The van der Waals surface area contributed by atoms with Crippen LogP contribution in [0.15, 0.2) is 33.8 Å². The van der Waals surface area contributed by atoms with Gasteiger partial charge in [-0.2, -0.15) is 0 Å². The molecular weight excluding hydrogens is 286 g/mol. The van der Waals surface area contributed by atoms with Crippen LogP contribution in [0.2, 0.25) is 0 Å². The van der Waals surface area contributed by atoms with E-state index in [0.717, 1.165) is 28.3 Å². The topological polar surface area (TPSA) is 63.3 Å². The molecule has 108 valence electrons. The summed E-state index contributed by atoms with van der Waals surface area (Å²) in [5, 5.41) is 11.4. The van der Waals surface area contributed by atoms with E-state index in [2.05, 4.69) is 4.98 Å². The summed E-state index contributed by atoms with van der Waals surface area (Å²) in [6, 6.07) is 3.25. The van der Waals surface area contributed by atoms with Gasteiger partial charge in [0, 0.05) is 12.3 Å². The lowest BCUT2D eigenvalue weighted by Gasteiger charge is -2.06. The third-order valence-corrected chi connectivity index (χ3v) is 4.33. The summed E-state index contributed by atoms with van der Waals surface area (Å²) in [7, 11) is 0. The summed E-state index contributed by atoms with van der Waals surface area (Å²) in [5.41, 5.74) is 1.61. The second-order valence-electron chi connectivity index (χ2n) is 4.95. The molecule has 0 amide bonds. The molecule has 0 radical (unpaired) electrons. The molecule has 0 unspecified atom stereocenters. The van der Waals surface area contributed by atoms with Crippen molar-refractivity contribution in [1.29, 1.82) is 0 Å². The van der Waals surface area contributed by atoms with Crippen LogP contribution < -0.4 is 5.43 Å². The number of phenolic OH excluding ortho intramolecular Hbond substituents is 1. The van der Waals surface area contributed by atoms with Gasteiger partial charge in [-0.15, -0.1) is 11.3 Å². The van der Waals surface area contributed by atoms with Crippen LogP contribution >= 0.6 is 11.3 Å². The Kier molecular flexibility index (Phi) is 3.51. The Balaban J connectivity index is 2.24. The molecule has 0 spiro atoms. The van der Waals surface area contributed by atoms with E-state index in [-0.39, 0.29) is 11.2 Å². The van der Waals surface area contributed by atoms with Gasteiger partial charge >= 0.3 is 0 Å². The molecule has 2 aromatic heterocycles. The SMILES string of the molecule is CCCc1cc2c(=O)c(-c3cnc(C)s3)coc2cc1O. The maximum atomic E-state index is 12.6. The van der Waals surface area contributed by atoms with Crippen LogP contribution in [-0.4, -0.2) is 10.1 Å². The number of aryl methyl sites for hydroxylation is 2. The van der Waals surface area contributed by atoms with Crippen LogP contribution in [0, 0.1) is 6.92 Å². The fourth-order valence-electron chi connectivity index (χ4n) is 2.34. The zero-order valence-corrected chi connectivity index (χ0v) is 12.7.